The molecule has 0 aliphatic carbocycles. The largest absolute Gasteiger partial charge is 0.339 e. The quantitative estimate of drug-likeness (QED) is 0.576. The van der Waals surface area contributed by atoms with Crippen LogP contribution in [-0.2, 0) is 6.42 Å². The van der Waals surface area contributed by atoms with Crippen LogP contribution in [0.2, 0.25) is 0 Å². The summed E-state index contributed by atoms with van der Waals surface area (Å²) in [6.45, 7) is 4.49. The SMILES string of the molecule is C1CCNCC1.CCCc1c(C#N)c(S)[nH]c(=S)c1C#N. The Hall–Kier alpha value is -1.34. The Morgan fingerprint density at radius 1 is 1.14 bits per heavy atom. The number of hydrogen-bond acceptors (Lipinski definition) is 5. The van der Waals surface area contributed by atoms with Crippen molar-refractivity contribution < 1.29 is 0 Å². The minimum Gasteiger partial charge on any atom is -0.339 e. The average molecular weight is 320 g/mol. The summed E-state index contributed by atoms with van der Waals surface area (Å²) in [4.78, 5) is 2.74. The maximum atomic E-state index is 8.97. The summed E-state index contributed by atoms with van der Waals surface area (Å²) in [6.07, 6.45) is 5.74. The second kappa shape index (κ2) is 9.57. The molecule has 0 unspecified atom stereocenters. The Balaban J connectivity index is 0.000000304. The van der Waals surface area contributed by atoms with Gasteiger partial charge in [0.25, 0.3) is 0 Å². The zero-order valence-corrected chi connectivity index (χ0v) is 13.9. The van der Waals surface area contributed by atoms with Crippen molar-refractivity contribution in [2.24, 2.45) is 0 Å². The fraction of sp³-hybridized carbons (Fsp3) is 0.533. The van der Waals surface area contributed by atoms with Crippen molar-refractivity contribution in [3.63, 3.8) is 0 Å². The van der Waals surface area contributed by atoms with Crippen LogP contribution < -0.4 is 5.32 Å². The highest BCUT2D eigenvalue weighted by molar-refractivity contribution is 7.80. The van der Waals surface area contributed by atoms with Gasteiger partial charge < -0.3 is 10.3 Å². The lowest BCUT2D eigenvalue weighted by molar-refractivity contribution is 0.520. The van der Waals surface area contributed by atoms with Crippen LogP contribution in [0.3, 0.4) is 0 Å². The smallest absolute Gasteiger partial charge is 0.122 e. The highest BCUT2D eigenvalue weighted by atomic mass is 32.1. The van der Waals surface area contributed by atoms with E-state index in [0.29, 0.717) is 32.8 Å². The first-order valence-corrected chi connectivity index (χ1v) is 8.00. The molecule has 112 valence electrons. The molecule has 1 aromatic heterocycles. The van der Waals surface area contributed by atoms with E-state index in [2.05, 4.69) is 22.9 Å². The van der Waals surface area contributed by atoms with Crippen molar-refractivity contribution in [1.82, 2.24) is 10.3 Å². The molecule has 0 saturated carbocycles. The molecule has 6 heteroatoms. The van der Waals surface area contributed by atoms with Gasteiger partial charge in [0.05, 0.1) is 16.2 Å². The number of aromatic amines is 1. The maximum Gasteiger partial charge on any atom is 0.122 e. The first-order valence-electron chi connectivity index (χ1n) is 7.14. The van der Waals surface area contributed by atoms with Crippen LogP contribution >= 0.6 is 24.8 Å². The molecule has 0 aromatic carbocycles. The lowest BCUT2D eigenvalue weighted by Gasteiger charge is -2.08. The molecule has 0 atom stereocenters. The summed E-state index contributed by atoms with van der Waals surface area (Å²) in [5, 5.41) is 21.7. The zero-order valence-electron chi connectivity index (χ0n) is 12.2. The first-order chi connectivity index (χ1) is 10.2. The number of nitriles is 2. The van der Waals surface area contributed by atoms with Gasteiger partial charge in [-0.3, -0.25) is 0 Å². The second-order valence-electron chi connectivity index (χ2n) is 4.82. The molecule has 1 aromatic rings. The van der Waals surface area contributed by atoms with Gasteiger partial charge in [-0.1, -0.05) is 32.0 Å². The van der Waals surface area contributed by atoms with Crippen LogP contribution in [0, 0.1) is 27.3 Å². The van der Waals surface area contributed by atoms with E-state index in [-0.39, 0.29) is 0 Å². The van der Waals surface area contributed by atoms with E-state index in [1.165, 1.54) is 32.4 Å². The van der Waals surface area contributed by atoms with Crippen molar-refractivity contribution >= 4 is 24.8 Å². The van der Waals surface area contributed by atoms with Gasteiger partial charge in [0.15, 0.2) is 0 Å². The van der Waals surface area contributed by atoms with Crippen LogP contribution in [-0.4, -0.2) is 18.1 Å². The van der Waals surface area contributed by atoms with E-state index in [1.54, 1.807) is 0 Å². The molecule has 1 fully saturated rings. The number of hydrogen-bond donors (Lipinski definition) is 3. The standard InChI is InChI=1S/C10H9N3S2.C5H11N/c1-2-3-6-7(4-11)9(14)13-10(15)8(6)5-12;1-2-4-6-5-3-1/h2-3H2,1H3,(H2,13,14,15);6H,1-5H2. The highest BCUT2D eigenvalue weighted by Crippen LogP contribution is 2.21. The lowest BCUT2D eigenvalue weighted by atomic mass is 10.0. The molecule has 0 amide bonds. The van der Waals surface area contributed by atoms with Crippen LogP contribution in [0.25, 0.3) is 0 Å². The number of thiol groups is 1. The van der Waals surface area contributed by atoms with Gasteiger partial charge in [-0.05, 0) is 37.9 Å². The third-order valence-corrected chi connectivity index (χ3v) is 3.87. The molecular formula is C15H20N4S2. The molecule has 21 heavy (non-hydrogen) atoms. The average Bonchev–Trinajstić information content (AvgIpc) is 2.50. The molecule has 2 rings (SSSR count). The Kier molecular flexibility index (Phi) is 8.07. The molecule has 1 aliphatic heterocycles. The summed E-state index contributed by atoms with van der Waals surface area (Å²) in [5.74, 6) is 0. The van der Waals surface area contributed by atoms with Gasteiger partial charge in [0, 0.05) is 0 Å². The number of pyridine rings is 1. The molecule has 0 radical (unpaired) electrons. The van der Waals surface area contributed by atoms with Crippen LogP contribution in [0.1, 0.15) is 49.3 Å². The number of nitrogens with zero attached hydrogens (tertiary/aromatic N) is 2. The van der Waals surface area contributed by atoms with Crippen molar-refractivity contribution in [2.45, 2.75) is 44.1 Å². The van der Waals surface area contributed by atoms with Gasteiger partial charge in [-0.15, -0.1) is 12.6 Å². The fourth-order valence-corrected chi connectivity index (χ4v) is 2.82. The fourth-order valence-electron chi connectivity index (χ4n) is 2.18. The van der Waals surface area contributed by atoms with Crippen LogP contribution in [0.4, 0.5) is 0 Å². The molecule has 1 saturated heterocycles. The highest BCUT2D eigenvalue weighted by Gasteiger charge is 2.13. The topological polar surface area (TPSA) is 75.4 Å². The molecule has 1 aliphatic rings. The van der Waals surface area contributed by atoms with E-state index in [9.17, 15) is 0 Å². The summed E-state index contributed by atoms with van der Waals surface area (Å²) >= 11 is 9.15. The Bertz CT molecular complexity index is 592. The molecular weight excluding hydrogens is 300 g/mol. The van der Waals surface area contributed by atoms with Gasteiger partial charge in [-0.2, -0.15) is 10.5 Å². The van der Waals surface area contributed by atoms with Crippen molar-refractivity contribution in [2.75, 3.05) is 13.1 Å². The Labute approximate surface area is 136 Å². The monoisotopic (exact) mass is 320 g/mol. The summed E-state index contributed by atoms with van der Waals surface area (Å²) in [5.41, 5.74) is 1.52. The maximum absolute atomic E-state index is 8.97. The van der Waals surface area contributed by atoms with E-state index in [0.717, 1.165) is 6.42 Å². The van der Waals surface area contributed by atoms with E-state index >= 15 is 0 Å². The summed E-state index contributed by atoms with van der Waals surface area (Å²) in [7, 11) is 0. The van der Waals surface area contributed by atoms with Gasteiger partial charge in [0.1, 0.15) is 16.8 Å². The molecule has 2 N–H and O–H groups in total. The van der Waals surface area contributed by atoms with Crippen molar-refractivity contribution in [3.8, 4) is 12.1 Å². The minimum absolute atomic E-state index is 0.352. The summed E-state index contributed by atoms with van der Waals surface area (Å²) in [6, 6.07) is 4.08. The van der Waals surface area contributed by atoms with Crippen molar-refractivity contribution in [1.29, 1.82) is 10.5 Å². The lowest BCUT2D eigenvalue weighted by Crippen LogP contribution is -2.21. The first kappa shape index (κ1) is 17.7. The molecule has 4 nitrogen and oxygen atoms in total. The van der Waals surface area contributed by atoms with Gasteiger partial charge in [0.2, 0.25) is 0 Å². The number of H-pyrrole nitrogens is 1. The predicted molar refractivity (Wildman–Crippen MR) is 89.0 cm³/mol. The van der Waals surface area contributed by atoms with Gasteiger partial charge >= 0.3 is 0 Å². The van der Waals surface area contributed by atoms with Crippen LogP contribution in [0.15, 0.2) is 5.03 Å². The molecule has 0 spiro atoms. The third-order valence-electron chi connectivity index (χ3n) is 3.23. The number of rotatable bonds is 2. The Morgan fingerprint density at radius 2 is 1.76 bits per heavy atom. The summed E-state index contributed by atoms with van der Waals surface area (Å²) < 4.78 is 0.352. The minimum atomic E-state index is 0.352. The van der Waals surface area contributed by atoms with E-state index in [4.69, 9.17) is 22.7 Å². The number of nitrogens with one attached hydrogen (secondary N) is 2. The predicted octanol–water partition coefficient (Wildman–Crippen LogP) is 3.49. The van der Waals surface area contributed by atoms with Crippen molar-refractivity contribution in [3.05, 3.63) is 21.3 Å². The number of piperidine rings is 1. The van der Waals surface area contributed by atoms with E-state index < -0.39 is 0 Å². The zero-order chi connectivity index (χ0) is 15.7. The Morgan fingerprint density at radius 3 is 2.14 bits per heavy atom. The van der Waals surface area contributed by atoms with Gasteiger partial charge in [-0.25, -0.2) is 0 Å². The third kappa shape index (κ3) is 5.17. The normalized spacial score (nSPS) is 13.5. The molecule has 0 bridgehead atoms. The van der Waals surface area contributed by atoms with E-state index in [1.807, 2.05) is 19.1 Å². The van der Waals surface area contributed by atoms with Crippen LogP contribution in [0.5, 0.6) is 0 Å². The second-order valence-corrected chi connectivity index (χ2v) is 5.67. The number of aromatic nitrogens is 1. The molecule has 2 heterocycles.